The molecule has 1 unspecified atom stereocenters. The van der Waals surface area contributed by atoms with E-state index in [2.05, 4.69) is 32.7 Å². The lowest BCUT2D eigenvalue weighted by molar-refractivity contribution is 0.703. The third-order valence-corrected chi connectivity index (χ3v) is 3.11. The van der Waals surface area contributed by atoms with E-state index in [-0.39, 0.29) is 6.04 Å². The van der Waals surface area contributed by atoms with Crippen LogP contribution < -0.4 is 10.6 Å². The number of aromatic nitrogens is 1. The van der Waals surface area contributed by atoms with E-state index in [1.165, 1.54) is 0 Å². The lowest BCUT2D eigenvalue weighted by Gasteiger charge is -2.27. The number of hydrogen-bond donors (Lipinski definition) is 1. The number of halogens is 1. The first-order valence-electron chi connectivity index (χ1n) is 5.05. The van der Waals surface area contributed by atoms with Gasteiger partial charge in [0.15, 0.2) is 0 Å². The van der Waals surface area contributed by atoms with Gasteiger partial charge in [0.25, 0.3) is 0 Å². The number of nitrogens with zero attached hydrogens (tertiary/aromatic N) is 2. The molecule has 1 atom stereocenters. The highest BCUT2D eigenvalue weighted by atomic mass is 79.9. The van der Waals surface area contributed by atoms with Crippen molar-refractivity contribution in [1.29, 1.82) is 0 Å². The minimum absolute atomic E-state index is 0.255. The van der Waals surface area contributed by atoms with E-state index in [0.29, 0.717) is 11.4 Å². The van der Waals surface area contributed by atoms with Gasteiger partial charge in [0, 0.05) is 30.2 Å². The SMILES string of the molecule is Cc1cc(Br)cnc1N(C)C(C)CC(N)=S. The fourth-order valence-electron chi connectivity index (χ4n) is 1.54. The predicted octanol–water partition coefficient (Wildman–Crippen LogP) is 2.65. The molecule has 0 saturated heterocycles. The van der Waals surface area contributed by atoms with Crippen molar-refractivity contribution in [1.82, 2.24) is 4.98 Å². The molecule has 1 aromatic heterocycles. The molecule has 0 fully saturated rings. The summed E-state index contributed by atoms with van der Waals surface area (Å²) in [5, 5.41) is 0. The van der Waals surface area contributed by atoms with Gasteiger partial charge in [-0.3, -0.25) is 0 Å². The highest BCUT2D eigenvalue weighted by molar-refractivity contribution is 9.10. The Bertz CT molecular complexity index is 395. The van der Waals surface area contributed by atoms with Gasteiger partial charge in [0.2, 0.25) is 0 Å². The number of anilines is 1. The van der Waals surface area contributed by atoms with Crippen molar-refractivity contribution in [2.75, 3.05) is 11.9 Å². The summed E-state index contributed by atoms with van der Waals surface area (Å²) in [6.45, 7) is 4.12. The van der Waals surface area contributed by atoms with Crippen LogP contribution in [-0.2, 0) is 0 Å². The van der Waals surface area contributed by atoms with Gasteiger partial charge < -0.3 is 10.6 Å². The van der Waals surface area contributed by atoms with Gasteiger partial charge in [-0.15, -0.1) is 0 Å². The zero-order chi connectivity index (χ0) is 12.3. The maximum atomic E-state index is 5.55. The molecular formula is C11H16BrN3S. The van der Waals surface area contributed by atoms with Crippen molar-refractivity contribution in [3.8, 4) is 0 Å². The fraction of sp³-hybridized carbons (Fsp3) is 0.455. The molecule has 16 heavy (non-hydrogen) atoms. The van der Waals surface area contributed by atoms with Gasteiger partial charge in [0.1, 0.15) is 5.82 Å². The molecule has 0 aliphatic heterocycles. The highest BCUT2D eigenvalue weighted by Gasteiger charge is 2.14. The molecule has 0 bridgehead atoms. The van der Waals surface area contributed by atoms with Crippen LogP contribution in [0.5, 0.6) is 0 Å². The Kier molecular flexibility index (Phi) is 4.68. The summed E-state index contributed by atoms with van der Waals surface area (Å²) in [5.74, 6) is 0.965. The Morgan fingerprint density at radius 2 is 2.31 bits per heavy atom. The molecule has 3 nitrogen and oxygen atoms in total. The Balaban J connectivity index is 2.87. The molecular weight excluding hydrogens is 286 g/mol. The quantitative estimate of drug-likeness (QED) is 0.868. The zero-order valence-electron chi connectivity index (χ0n) is 9.70. The number of thiocarbonyl (C=S) groups is 1. The molecule has 1 aromatic rings. The van der Waals surface area contributed by atoms with Gasteiger partial charge in [-0.2, -0.15) is 0 Å². The maximum absolute atomic E-state index is 5.55. The summed E-state index contributed by atoms with van der Waals surface area (Å²) in [6.07, 6.45) is 2.50. The third kappa shape index (κ3) is 3.42. The molecule has 0 aliphatic rings. The van der Waals surface area contributed by atoms with Gasteiger partial charge in [-0.25, -0.2) is 4.98 Å². The van der Waals surface area contributed by atoms with E-state index in [1.54, 1.807) is 6.20 Å². The minimum Gasteiger partial charge on any atom is -0.393 e. The Hall–Kier alpha value is -0.680. The van der Waals surface area contributed by atoms with Gasteiger partial charge in [0.05, 0.1) is 4.99 Å². The van der Waals surface area contributed by atoms with Crippen LogP contribution in [0.2, 0.25) is 0 Å². The molecule has 1 heterocycles. The number of rotatable bonds is 4. The number of aryl methyl sites for hydroxylation is 1. The zero-order valence-corrected chi connectivity index (χ0v) is 12.1. The smallest absolute Gasteiger partial charge is 0.131 e. The Morgan fingerprint density at radius 1 is 1.69 bits per heavy atom. The second-order valence-corrected chi connectivity index (χ2v) is 5.36. The molecule has 0 aliphatic carbocycles. The first-order valence-corrected chi connectivity index (χ1v) is 6.25. The topological polar surface area (TPSA) is 42.2 Å². The molecule has 2 N–H and O–H groups in total. The second-order valence-electron chi connectivity index (χ2n) is 3.92. The molecule has 1 rings (SSSR count). The van der Waals surface area contributed by atoms with Crippen LogP contribution in [0.25, 0.3) is 0 Å². The fourth-order valence-corrected chi connectivity index (χ4v) is 2.23. The normalized spacial score (nSPS) is 12.2. The maximum Gasteiger partial charge on any atom is 0.131 e. The number of nitrogens with two attached hydrogens (primary N) is 1. The molecule has 0 aromatic carbocycles. The summed E-state index contributed by atoms with van der Waals surface area (Å²) in [4.78, 5) is 7.04. The monoisotopic (exact) mass is 301 g/mol. The van der Waals surface area contributed by atoms with Crippen LogP contribution in [0.1, 0.15) is 18.9 Å². The van der Waals surface area contributed by atoms with Crippen molar-refractivity contribution in [3.05, 3.63) is 22.3 Å². The first kappa shape index (κ1) is 13.4. The average molecular weight is 302 g/mol. The van der Waals surface area contributed by atoms with E-state index in [0.717, 1.165) is 15.9 Å². The van der Waals surface area contributed by atoms with Crippen LogP contribution in [0.4, 0.5) is 5.82 Å². The largest absolute Gasteiger partial charge is 0.393 e. The van der Waals surface area contributed by atoms with Crippen LogP contribution in [-0.4, -0.2) is 23.1 Å². The van der Waals surface area contributed by atoms with E-state index < -0.39 is 0 Å². The molecule has 5 heteroatoms. The first-order chi connectivity index (χ1) is 7.41. The van der Waals surface area contributed by atoms with E-state index >= 15 is 0 Å². The summed E-state index contributed by atoms with van der Waals surface area (Å²) in [5.41, 5.74) is 6.68. The molecule has 0 saturated carbocycles. The van der Waals surface area contributed by atoms with Crippen LogP contribution >= 0.6 is 28.1 Å². The van der Waals surface area contributed by atoms with Crippen LogP contribution in [0.15, 0.2) is 16.7 Å². The van der Waals surface area contributed by atoms with Crippen molar-refractivity contribution in [3.63, 3.8) is 0 Å². The lowest BCUT2D eigenvalue weighted by atomic mass is 10.2. The average Bonchev–Trinajstić information content (AvgIpc) is 2.15. The molecule has 0 spiro atoms. The van der Waals surface area contributed by atoms with E-state index in [1.807, 2.05) is 20.0 Å². The van der Waals surface area contributed by atoms with E-state index in [9.17, 15) is 0 Å². The summed E-state index contributed by atoms with van der Waals surface area (Å²) < 4.78 is 0.990. The van der Waals surface area contributed by atoms with Crippen LogP contribution in [0, 0.1) is 6.92 Å². The Labute approximate surface area is 110 Å². The second kappa shape index (κ2) is 5.59. The molecule has 0 amide bonds. The summed E-state index contributed by atoms with van der Waals surface area (Å²) in [7, 11) is 2.01. The van der Waals surface area contributed by atoms with Crippen molar-refractivity contribution in [2.45, 2.75) is 26.3 Å². The summed E-state index contributed by atoms with van der Waals surface area (Å²) >= 11 is 8.32. The van der Waals surface area contributed by atoms with Crippen molar-refractivity contribution in [2.24, 2.45) is 5.73 Å². The van der Waals surface area contributed by atoms with Gasteiger partial charge in [-0.1, -0.05) is 12.2 Å². The highest BCUT2D eigenvalue weighted by Crippen LogP contribution is 2.21. The van der Waals surface area contributed by atoms with E-state index in [4.69, 9.17) is 18.0 Å². The lowest BCUT2D eigenvalue weighted by Crippen LogP contribution is -2.33. The summed E-state index contributed by atoms with van der Waals surface area (Å²) in [6, 6.07) is 2.30. The molecule has 0 radical (unpaired) electrons. The number of hydrogen-bond acceptors (Lipinski definition) is 3. The van der Waals surface area contributed by atoms with Crippen molar-refractivity contribution >= 4 is 39.0 Å². The predicted molar refractivity (Wildman–Crippen MR) is 75.9 cm³/mol. The van der Waals surface area contributed by atoms with Gasteiger partial charge >= 0.3 is 0 Å². The molecule has 88 valence electrons. The minimum atomic E-state index is 0.255. The van der Waals surface area contributed by atoms with Gasteiger partial charge in [-0.05, 0) is 41.4 Å². The van der Waals surface area contributed by atoms with Crippen LogP contribution in [0.3, 0.4) is 0 Å². The number of pyridine rings is 1. The Morgan fingerprint density at radius 3 is 2.81 bits per heavy atom. The van der Waals surface area contributed by atoms with Crippen molar-refractivity contribution < 1.29 is 0 Å². The third-order valence-electron chi connectivity index (χ3n) is 2.51. The standard InChI is InChI=1S/C11H16BrN3S/c1-7-4-9(12)6-14-11(7)15(3)8(2)5-10(13)16/h4,6,8H,5H2,1-3H3,(H2,13,16).